The highest BCUT2D eigenvalue weighted by Crippen LogP contribution is 2.45. The topological polar surface area (TPSA) is 29.1 Å². The van der Waals surface area contributed by atoms with E-state index in [1.165, 1.54) is 38.5 Å². The van der Waals surface area contributed by atoms with Crippen molar-refractivity contribution in [1.82, 2.24) is 5.32 Å². The average molecular weight is 243 g/mol. The highest BCUT2D eigenvalue weighted by atomic mass is 16.1. The molecule has 0 spiro atoms. The molecule has 3 rings (SSSR count). The summed E-state index contributed by atoms with van der Waals surface area (Å²) in [6, 6.07) is 7.87. The maximum atomic E-state index is 12.3. The number of carbonyl (C=O) groups is 1. The lowest BCUT2D eigenvalue weighted by atomic mass is 9.83. The molecule has 0 saturated heterocycles. The van der Waals surface area contributed by atoms with Crippen LogP contribution in [0.3, 0.4) is 0 Å². The van der Waals surface area contributed by atoms with Crippen molar-refractivity contribution >= 4 is 5.91 Å². The second-order valence-electron chi connectivity index (χ2n) is 6.10. The Bertz CT molecular complexity index is 464. The van der Waals surface area contributed by atoms with Gasteiger partial charge in [-0.3, -0.25) is 4.79 Å². The third-order valence-electron chi connectivity index (χ3n) is 4.64. The molecule has 0 heterocycles. The highest BCUT2D eigenvalue weighted by molar-refractivity contribution is 5.94. The first kappa shape index (κ1) is 11.8. The smallest absolute Gasteiger partial charge is 0.251 e. The SMILES string of the molecule is Cc1cccc(C(=O)NC23CCCC(CC2)C3)c1. The van der Waals surface area contributed by atoms with Crippen molar-refractivity contribution < 1.29 is 4.79 Å². The van der Waals surface area contributed by atoms with Crippen molar-refractivity contribution in [3.8, 4) is 0 Å². The van der Waals surface area contributed by atoms with Crippen LogP contribution in [0, 0.1) is 12.8 Å². The van der Waals surface area contributed by atoms with Gasteiger partial charge in [-0.25, -0.2) is 0 Å². The van der Waals surface area contributed by atoms with Gasteiger partial charge in [-0.2, -0.15) is 0 Å². The van der Waals surface area contributed by atoms with E-state index in [0.29, 0.717) is 0 Å². The first-order valence-electron chi connectivity index (χ1n) is 7.06. The van der Waals surface area contributed by atoms with E-state index in [4.69, 9.17) is 0 Å². The number of nitrogens with one attached hydrogen (secondary N) is 1. The zero-order chi connectivity index (χ0) is 12.6. The van der Waals surface area contributed by atoms with Gasteiger partial charge >= 0.3 is 0 Å². The van der Waals surface area contributed by atoms with Gasteiger partial charge < -0.3 is 5.32 Å². The van der Waals surface area contributed by atoms with E-state index in [9.17, 15) is 4.79 Å². The summed E-state index contributed by atoms with van der Waals surface area (Å²) in [6.45, 7) is 2.03. The summed E-state index contributed by atoms with van der Waals surface area (Å²) < 4.78 is 0. The second-order valence-corrected chi connectivity index (χ2v) is 6.10. The minimum atomic E-state index is 0.112. The Morgan fingerprint density at radius 1 is 1.33 bits per heavy atom. The van der Waals surface area contributed by atoms with Gasteiger partial charge in [0.2, 0.25) is 0 Å². The predicted molar refractivity (Wildman–Crippen MR) is 72.6 cm³/mol. The number of aryl methyl sites for hydroxylation is 1. The fourth-order valence-corrected chi connectivity index (χ4v) is 3.72. The summed E-state index contributed by atoms with van der Waals surface area (Å²) in [5.41, 5.74) is 2.07. The van der Waals surface area contributed by atoms with Crippen LogP contribution in [-0.2, 0) is 0 Å². The minimum Gasteiger partial charge on any atom is -0.347 e. The van der Waals surface area contributed by atoms with Crippen LogP contribution in [0.15, 0.2) is 24.3 Å². The van der Waals surface area contributed by atoms with Gasteiger partial charge in [-0.1, -0.05) is 30.5 Å². The zero-order valence-electron chi connectivity index (χ0n) is 11.0. The Morgan fingerprint density at radius 3 is 3.06 bits per heavy atom. The molecule has 1 aromatic rings. The van der Waals surface area contributed by atoms with Gasteiger partial charge in [-0.05, 0) is 50.7 Å². The Balaban J connectivity index is 1.75. The van der Waals surface area contributed by atoms with Crippen LogP contribution < -0.4 is 5.32 Å². The summed E-state index contributed by atoms with van der Waals surface area (Å²) in [5, 5.41) is 3.33. The number of hydrogen-bond acceptors (Lipinski definition) is 1. The van der Waals surface area contributed by atoms with Crippen LogP contribution in [0.4, 0.5) is 0 Å². The number of amides is 1. The van der Waals surface area contributed by atoms with Crippen LogP contribution >= 0.6 is 0 Å². The van der Waals surface area contributed by atoms with Crippen molar-refractivity contribution in [2.75, 3.05) is 0 Å². The van der Waals surface area contributed by atoms with Gasteiger partial charge in [0.1, 0.15) is 0 Å². The molecule has 2 saturated carbocycles. The number of fused-ring (bicyclic) bond motifs is 2. The fourth-order valence-electron chi connectivity index (χ4n) is 3.72. The lowest BCUT2D eigenvalue weighted by molar-refractivity contribution is 0.0880. The number of carbonyl (C=O) groups excluding carboxylic acids is 1. The molecule has 1 amide bonds. The molecular weight excluding hydrogens is 222 g/mol. The van der Waals surface area contributed by atoms with Crippen molar-refractivity contribution in [3.05, 3.63) is 35.4 Å². The van der Waals surface area contributed by atoms with Crippen LogP contribution in [0.25, 0.3) is 0 Å². The Hall–Kier alpha value is -1.31. The van der Waals surface area contributed by atoms with Gasteiger partial charge in [0, 0.05) is 11.1 Å². The average Bonchev–Trinajstić information content (AvgIpc) is 2.64. The minimum absolute atomic E-state index is 0.112. The van der Waals surface area contributed by atoms with E-state index in [2.05, 4.69) is 5.32 Å². The van der Waals surface area contributed by atoms with Gasteiger partial charge in [0.25, 0.3) is 5.91 Å². The van der Waals surface area contributed by atoms with E-state index in [1.54, 1.807) is 0 Å². The van der Waals surface area contributed by atoms with Crippen molar-refractivity contribution in [3.63, 3.8) is 0 Å². The first-order valence-corrected chi connectivity index (χ1v) is 7.06. The van der Waals surface area contributed by atoms with Gasteiger partial charge in [0.15, 0.2) is 0 Å². The number of hydrogen-bond donors (Lipinski definition) is 1. The van der Waals surface area contributed by atoms with Crippen molar-refractivity contribution in [1.29, 1.82) is 0 Å². The molecule has 0 aliphatic heterocycles. The van der Waals surface area contributed by atoms with E-state index < -0.39 is 0 Å². The molecule has 2 nitrogen and oxygen atoms in total. The third-order valence-corrected chi connectivity index (χ3v) is 4.64. The fraction of sp³-hybridized carbons (Fsp3) is 0.562. The maximum Gasteiger partial charge on any atom is 0.251 e. The summed E-state index contributed by atoms with van der Waals surface area (Å²) in [4.78, 5) is 12.3. The molecule has 2 bridgehead atoms. The van der Waals surface area contributed by atoms with Crippen molar-refractivity contribution in [2.24, 2.45) is 5.92 Å². The molecule has 1 aromatic carbocycles. The molecule has 2 unspecified atom stereocenters. The Morgan fingerprint density at radius 2 is 2.22 bits per heavy atom. The quantitative estimate of drug-likeness (QED) is 0.847. The van der Waals surface area contributed by atoms with Gasteiger partial charge in [-0.15, -0.1) is 0 Å². The normalized spacial score (nSPS) is 30.2. The second kappa shape index (κ2) is 4.42. The first-order chi connectivity index (χ1) is 8.67. The Labute approximate surface area is 109 Å². The van der Waals surface area contributed by atoms with Crippen molar-refractivity contribution in [2.45, 2.75) is 51.0 Å². The third kappa shape index (κ3) is 2.16. The summed E-state index contributed by atoms with van der Waals surface area (Å²) >= 11 is 0. The standard InChI is InChI=1S/C16H21NO/c1-12-4-2-6-14(10-12)15(18)17-16-8-3-5-13(11-16)7-9-16/h2,4,6,10,13H,3,5,7-9,11H2,1H3,(H,17,18). The molecular formula is C16H21NO. The van der Waals surface area contributed by atoms with E-state index >= 15 is 0 Å². The number of benzene rings is 1. The summed E-state index contributed by atoms with van der Waals surface area (Å²) in [6.07, 6.45) is 7.48. The molecule has 2 heteroatoms. The molecule has 18 heavy (non-hydrogen) atoms. The molecule has 0 radical (unpaired) electrons. The molecule has 2 fully saturated rings. The van der Waals surface area contributed by atoms with E-state index in [-0.39, 0.29) is 11.4 Å². The molecule has 2 aliphatic rings. The van der Waals surface area contributed by atoms with Crippen LogP contribution in [-0.4, -0.2) is 11.4 Å². The lowest BCUT2D eigenvalue weighted by Gasteiger charge is -2.34. The molecule has 2 aliphatic carbocycles. The molecule has 96 valence electrons. The molecule has 2 atom stereocenters. The number of rotatable bonds is 2. The largest absolute Gasteiger partial charge is 0.347 e. The highest BCUT2D eigenvalue weighted by Gasteiger charge is 2.42. The van der Waals surface area contributed by atoms with Gasteiger partial charge in [0.05, 0.1) is 0 Å². The summed E-state index contributed by atoms with van der Waals surface area (Å²) in [5.74, 6) is 0.970. The van der Waals surface area contributed by atoms with Crippen LogP contribution in [0.2, 0.25) is 0 Å². The molecule has 1 N–H and O–H groups in total. The van der Waals surface area contributed by atoms with Crippen LogP contribution in [0.5, 0.6) is 0 Å². The van der Waals surface area contributed by atoms with E-state index in [0.717, 1.165) is 17.0 Å². The van der Waals surface area contributed by atoms with E-state index in [1.807, 2.05) is 31.2 Å². The predicted octanol–water partition coefficient (Wildman–Crippen LogP) is 3.45. The monoisotopic (exact) mass is 243 g/mol. The lowest BCUT2D eigenvalue weighted by Crippen LogP contribution is -2.47. The zero-order valence-corrected chi connectivity index (χ0v) is 11.0. The summed E-state index contributed by atoms with van der Waals surface area (Å²) in [7, 11) is 0. The Kier molecular flexibility index (Phi) is 2.89. The maximum absolute atomic E-state index is 12.3. The van der Waals surface area contributed by atoms with Crippen LogP contribution in [0.1, 0.15) is 54.4 Å². The molecule has 0 aromatic heterocycles.